The molecule has 0 aliphatic heterocycles. The first-order valence-electron chi connectivity index (χ1n) is 6.34. The van der Waals surface area contributed by atoms with E-state index in [0.717, 1.165) is 36.5 Å². The van der Waals surface area contributed by atoms with Gasteiger partial charge in [0.25, 0.3) is 0 Å². The average Bonchev–Trinajstić information content (AvgIpc) is 2.32. The maximum absolute atomic E-state index is 5.88. The summed E-state index contributed by atoms with van der Waals surface area (Å²) in [6, 6.07) is 0. The van der Waals surface area contributed by atoms with E-state index in [4.69, 9.17) is 4.74 Å². The summed E-state index contributed by atoms with van der Waals surface area (Å²) in [5, 5.41) is 3.08. The number of hydrogen-bond acceptors (Lipinski definition) is 4. The first-order chi connectivity index (χ1) is 8.12. The van der Waals surface area contributed by atoms with Gasteiger partial charge in [0.05, 0.1) is 11.7 Å². The number of hydrogen-bond donors (Lipinski definition) is 1. The van der Waals surface area contributed by atoms with Crippen LogP contribution in [0.3, 0.4) is 0 Å². The van der Waals surface area contributed by atoms with Gasteiger partial charge in [-0.3, -0.25) is 0 Å². The number of aryl methyl sites for hydroxylation is 1. The second kappa shape index (κ2) is 6.42. The standard InChI is InChI=1S/C13H23N3O/c1-6-8-9(3)17-13-10(4)12(14-5)15-11(7-2)16-13/h9H,6-8H2,1-5H3,(H,14,15,16). The van der Waals surface area contributed by atoms with Crippen LogP contribution in [0.5, 0.6) is 5.88 Å². The number of rotatable bonds is 6. The van der Waals surface area contributed by atoms with Gasteiger partial charge in [0.2, 0.25) is 5.88 Å². The molecule has 1 heterocycles. The van der Waals surface area contributed by atoms with E-state index in [0.29, 0.717) is 5.88 Å². The normalized spacial score (nSPS) is 12.3. The Morgan fingerprint density at radius 2 is 2.00 bits per heavy atom. The van der Waals surface area contributed by atoms with Gasteiger partial charge in [-0.25, -0.2) is 4.98 Å². The molecule has 1 aromatic heterocycles. The molecule has 0 aliphatic carbocycles. The van der Waals surface area contributed by atoms with Crippen LogP contribution >= 0.6 is 0 Å². The SMILES string of the molecule is CCCC(C)Oc1nc(CC)nc(NC)c1C. The second-order valence-corrected chi connectivity index (χ2v) is 4.24. The summed E-state index contributed by atoms with van der Waals surface area (Å²) in [6.07, 6.45) is 3.17. The van der Waals surface area contributed by atoms with Crippen molar-refractivity contribution in [1.82, 2.24) is 9.97 Å². The number of ether oxygens (including phenoxy) is 1. The van der Waals surface area contributed by atoms with Gasteiger partial charge < -0.3 is 10.1 Å². The summed E-state index contributed by atoms with van der Waals surface area (Å²) in [4.78, 5) is 8.87. The maximum atomic E-state index is 5.88. The number of nitrogens with zero attached hydrogens (tertiary/aromatic N) is 2. The molecule has 1 N–H and O–H groups in total. The molecule has 17 heavy (non-hydrogen) atoms. The summed E-state index contributed by atoms with van der Waals surface area (Å²) >= 11 is 0. The van der Waals surface area contributed by atoms with E-state index in [1.807, 2.05) is 20.9 Å². The quantitative estimate of drug-likeness (QED) is 0.826. The van der Waals surface area contributed by atoms with Crippen LogP contribution < -0.4 is 10.1 Å². The van der Waals surface area contributed by atoms with Gasteiger partial charge >= 0.3 is 0 Å². The Morgan fingerprint density at radius 1 is 1.29 bits per heavy atom. The molecule has 1 unspecified atom stereocenters. The summed E-state index contributed by atoms with van der Waals surface area (Å²) in [5.74, 6) is 2.39. The zero-order valence-electron chi connectivity index (χ0n) is 11.5. The highest BCUT2D eigenvalue weighted by Gasteiger charge is 2.12. The lowest BCUT2D eigenvalue weighted by Crippen LogP contribution is -2.15. The zero-order valence-corrected chi connectivity index (χ0v) is 11.5. The first kappa shape index (κ1) is 13.7. The van der Waals surface area contributed by atoms with E-state index >= 15 is 0 Å². The van der Waals surface area contributed by atoms with E-state index in [2.05, 4.69) is 29.1 Å². The van der Waals surface area contributed by atoms with Crippen molar-refractivity contribution in [2.45, 2.75) is 53.1 Å². The highest BCUT2D eigenvalue weighted by molar-refractivity contribution is 5.48. The molecule has 0 aromatic carbocycles. The number of aromatic nitrogens is 2. The van der Waals surface area contributed by atoms with Gasteiger partial charge in [0.15, 0.2) is 0 Å². The highest BCUT2D eigenvalue weighted by atomic mass is 16.5. The third kappa shape index (κ3) is 3.58. The third-order valence-electron chi connectivity index (χ3n) is 2.71. The van der Waals surface area contributed by atoms with Crippen LogP contribution in [0, 0.1) is 6.92 Å². The number of anilines is 1. The Labute approximate surface area is 104 Å². The van der Waals surface area contributed by atoms with Crippen LogP contribution in [-0.4, -0.2) is 23.1 Å². The monoisotopic (exact) mass is 237 g/mol. The van der Waals surface area contributed by atoms with E-state index in [-0.39, 0.29) is 6.10 Å². The Kier molecular flexibility index (Phi) is 5.19. The van der Waals surface area contributed by atoms with Crippen molar-refractivity contribution in [3.63, 3.8) is 0 Å². The van der Waals surface area contributed by atoms with Gasteiger partial charge in [-0.2, -0.15) is 4.98 Å². The van der Waals surface area contributed by atoms with Gasteiger partial charge in [0, 0.05) is 13.5 Å². The lowest BCUT2D eigenvalue weighted by Gasteiger charge is -2.17. The van der Waals surface area contributed by atoms with Gasteiger partial charge in [0.1, 0.15) is 11.6 Å². The summed E-state index contributed by atoms with van der Waals surface area (Å²) < 4.78 is 5.88. The fourth-order valence-electron chi connectivity index (χ4n) is 1.71. The van der Waals surface area contributed by atoms with E-state index in [1.165, 1.54) is 0 Å². The minimum absolute atomic E-state index is 0.197. The smallest absolute Gasteiger partial charge is 0.222 e. The molecule has 0 fully saturated rings. The van der Waals surface area contributed by atoms with Crippen LogP contribution in [0.2, 0.25) is 0 Å². The van der Waals surface area contributed by atoms with Crippen LogP contribution in [-0.2, 0) is 6.42 Å². The summed E-state index contributed by atoms with van der Waals surface area (Å²) in [7, 11) is 1.87. The molecule has 1 rings (SSSR count). The van der Waals surface area contributed by atoms with Crippen molar-refractivity contribution in [2.24, 2.45) is 0 Å². The van der Waals surface area contributed by atoms with Crippen molar-refractivity contribution in [1.29, 1.82) is 0 Å². The Hall–Kier alpha value is -1.32. The molecule has 0 bridgehead atoms. The summed E-state index contributed by atoms with van der Waals surface area (Å²) in [5.41, 5.74) is 0.979. The number of nitrogens with one attached hydrogen (secondary N) is 1. The molecule has 1 aromatic rings. The lowest BCUT2D eigenvalue weighted by molar-refractivity contribution is 0.199. The molecule has 4 nitrogen and oxygen atoms in total. The predicted octanol–water partition coefficient (Wildman–Crippen LogP) is 2.96. The predicted molar refractivity (Wildman–Crippen MR) is 70.7 cm³/mol. The Morgan fingerprint density at radius 3 is 2.53 bits per heavy atom. The van der Waals surface area contributed by atoms with Crippen molar-refractivity contribution in [3.8, 4) is 5.88 Å². The van der Waals surface area contributed by atoms with Crippen molar-refractivity contribution >= 4 is 5.82 Å². The first-order valence-corrected chi connectivity index (χ1v) is 6.34. The maximum Gasteiger partial charge on any atom is 0.222 e. The van der Waals surface area contributed by atoms with E-state index in [9.17, 15) is 0 Å². The minimum Gasteiger partial charge on any atom is -0.474 e. The molecule has 0 amide bonds. The molecule has 0 saturated carbocycles. The van der Waals surface area contributed by atoms with Crippen LogP contribution in [0.25, 0.3) is 0 Å². The second-order valence-electron chi connectivity index (χ2n) is 4.24. The minimum atomic E-state index is 0.197. The molecule has 0 radical (unpaired) electrons. The fraction of sp³-hybridized carbons (Fsp3) is 0.692. The highest BCUT2D eigenvalue weighted by Crippen LogP contribution is 2.23. The van der Waals surface area contributed by atoms with Gasteiger partial charge in [-0.15, -0.1) is 0 Å². The zero-order chi connectivity index (χ0) is 12.8. The van der Waals surface area contributed by atoms with Crippen molar-refractivity contribution < 1.29 is 4.74 Å². The molecule has 4 heteroatoms. The van der Waals surface area contributed by atoms with Crippen LogP contribution in [0.4, 0.5) is 5.82 Å². The molecule has 0 aliphatic rings. The third-order valence-corrected chi connectivity index (χ3v) is 2.71. The molecular weight excluding hydrogens is 214 g/mol. The van der Waals surface area contributed by atoms with Crippen LogP contribution in [0.15, 0.2) is 0 Å². The Bertz CT molecular complexity index is 366. The molecule has 0 saturated heterocycles. The topological polar surface area (TPSA) is 47.0 Å². The molecule has 1 atom stereocenters. The average molecular weight is 237 g/mol. The molecular formula is C13H23N3O. The van der Waals surface area contributed by atoms with Crippen molar-refractivity contribution in [3.05, 3.63) is 11.4 Å². The van der Waals surface area contributed by atoms with Crippen LogP contribution in [0.1, 0.15) is 45.0 Å². The van der Waals surface area contributed by atoms with Crippen molar-refractivity contribution in [2.75, 3.05) is 12.4 Å². The fourth-order valence-corrected chi connectivity index (χ4v) is 1.71. The lowest BCUT2D eigenvalue weighted by atomic mass is 10.2. The molecule has 0 spiro atoms. The van der Waals surface area contributed by atoms with E-state index in [1.54, 1.807) is 0 Å². The molecule has 96 valence electrons. The van der Waals surface area contributed by atoms with Gasteiger partial charge in [-0.05, 0) is 20.3 Å². The summed E-state index contributed by atoms with van der Waals surface area (Å²) in [6.45, 7) is 8.27. The van der Waals surface area contributed by atoms with Gasteiger partial charge in [-0.1, -0.05) is 20.3 Å². The van der Waals surface area contributed by atoms with E-state index < -0.39 is 0 Å². The largest absolute Gasteiger partial charge is 0.474 e. The Balaban J connectivity index is 2.96.